The highest BCUT2D eigenvalue weighted by Gasteiger charge is 2.01. The van der Waals surface area contributed by atoms with E-state index in [9.17, 15) is 4.79 Å². The fourth-order valence-electron chi connectivity index (χ4n) is 1.46. The molecule has 0 unspecified atom stereocenters. The molecule has 0 saturated heterocycles. The fourth-order valence-corrected chi connectivity index (χ4v) is 1.46. The van der Waals surface area contributed by atoms with Gasteiger partial charge in [-0.05, 0) is 5.56 Å². The molecule has 0 radical (unpaired) electrons. The monoisotopic (exact) mass is 231 g/mol. The van der Waals surface area contributed by atoms with E-state index in [1.54, 1.807) is 0 Å². The van der Waals surface area contributed by atoms with Crippen LogP contribution >= 0.6 is 0 Å². The number of hydrogen-bond acceptors (Lipinski definition) is 4. The minimum absolute atomic E-state index is 0.364. The first-order valence-corrected chi connectivity index (χ1v) is 5.31. The number of benzene rings is 1. The number of aromatic hydroxyl groups is 1. The van der Waals surface area contributed by atoms with E-state index in [1.165, 1.54) is 6.07 Å². The average Bonchev–Trinajstić information content (AvgIpc) is 2.35. The van der Waals surface area contributed by atoms with Crippen LogP contribution < -0.4 is 10.7 Å². The molecule has 1 heterocycles. The number of rotatable bonds is 4. The first-order valence-electron chi connectivity index (χ1n) is 5.31. The Bertz CT molecular complexity index is 534. The number of hydrogen-bond donors (Lipinski definition) is 2. The summed E-state index contributed by atoms with van der Waals surface area (Å²) in [7, 11) is 0. The molecule has 0 atom stereocenters. The van der Waals surface area contributed by atoms with Crippen molar-refractivity contribution < 1.29 is 9.52 Å². The number of nitrogens with one attached hydrogen (secondary N) is 1. The van der Waals surface area contributed by atoms with Crippen LogP contribution in [0, 0.1) is 0 Å². The van der Waals surface area contributed by atoms with Gasteiger partial charge in [-0.2, -0.15) is 0 Å². The van der Waals surface area contributed by atoms with Crippen molar-refractivity contribution in [2.24, 2.45) is 0 Å². The summed E-state index contributed by atoms with van der Waals surface area (Å²) in [6.45, 7) is 1.15. The molecule has 1 aromatic carbocycles. The van der Waals surface area contributed by atoms with Gasteiger partial charge in [0.1, 0.15) is 12.0 Å². The van der Waals surface area contributed by atoms with Gasteiger partial charge in [0, 0.05) is 12.6 Å². The first kappa shape index (κ1) is 11.4. The van der Waals surface area contributed by atoms with E-state index in [-0.39, 0.29) is 5.75 Å². The Morgan fingerprint density at radius 3 is 2.65 bits per heavy atom. The summed E-state index contributed by atoms with van der Waals surface area (Å²) in [5.41, 5.74) is 0.737. The molecule has 17 heavy (non-hydrogen) atoms. The van der Waals surface area contributed by atoms with Crippen molar-refractivity contribution >= 4 is 0 Å². The van der Waals surface area contributed by atoms with Crippen molar-refractivity contribution in [2.45, 2.75) is 13.1 Å². The zero-order valence-corrected chi connectivity index (χ0v) is 9.22. The van der Waals surface area contributed by atoms with E-state index in [0.29, 0.717) is 18.8 Å². The van der Waals surface area contributed by atoms with E-state index in [4.69, 9.17) is 9.52 Å². The Morgan fingerprint density at radius 1 is 1.18 bits per heavy atom. The van der Waals surface area contributed by atoms with E-state index >= 15 is 0 Å². The maximum atomic E-state index is 11.1. The molecule has 2 N–H and O–H groups in total. The molecule has 4 heteroatoms. The van der Waals surface area contributed by atoms with E-state index < -0.39 is 5.43 Å². The SMILES string of the molecule is O=c1cc(CNCc2ccccc2)occ1O. The van der Waals surface area contributed by atoms with Crippen molar-refractivity contribution in [2.75, 3.05) is 0 Å². The predicted molar refractivity (Wildman–Crippen MR) is 63.6 cm³/mol. The summed E-state index contributed by atoms with van der Waals surface area (Å²) in [6, 6.07) is 11.2. The summed E-state index contributed by atoms with van der Waals surface area (Å²) in [4.78, 5) is 11.1. The maximum Gasteiger partial charge on any atom is 0.226 e. The summed E-state index contributed by atoms with van der Waals surface area (Å²) in [6.07, 6.45) is 1.06. The molecule has 2 rings (SSSR count). The molecule has 88 valence electrons. The average molecular weight is 231 g/mol. The third-order valence-electron chi connectivity index (χ3n) is 2.34. The van der Waals surface area contributed by atoms with Crippen LogP contribution in [0.2, 0.25) is 0 Å². The van der Waals surface area contributed by atoms with Crippen molar-refractivity contribution in [1.29, 1.82) is 0 Å². The van der Waals surface area contributed by atoms with Crippen LogP contribution in [0.5, 0.6) is 5.75 Å². The molecule has 0 saturated carbocycles. The molecular weight excluding hydrogens is 218 g/mol. The minimum atomic E-state index is -0.423. The van der Waals surface area contributed by atoms with Crippen molar-refractivity contribution in [3.8, 4) is 5.75 Å². The lowest BCUT2D eigenvalue weighted by Gasteiger charge is -2.04. The van der Waals surface area contributed by atoms with Gasteiger partial charge in [0.05, 0.1) is 6.54 Å². The Morgan fingerprint density at radius 2 is 1.94 bits per heavy atom. The second kappa shape index (κ2) is 5.32. The van der Waals surface area contributed by atoms with Gasteiger partial charge in [-0.15, -0.1) is 0 Å². The molecule has 0 bridgehead atoms. The van der Waals surface area contributed by atoms with Crippen LogP contribution in [-0.4, -0.2) is 5.11 Å². The second-order valence-electron chi connectivity index (χ2n) is 3.68. The third kappa shape index (κ3) is 3.19. The highest BCUT2D eigenvalue weighted by molar-refractivity contribution is 5.16. The molecule has 0 aliphatic heterocycles. The van der Waals surface area contributed by atoms with E-state index in [0.717, 1.165) is 11.8 Å². The topological polar surface area (TPSA) is 62.5 Å². The van der Waals surface area contributed by atoms with Gasteiger partial charge in [0.15, 0.2) is 5.75 Å². The van der Waals surface area contributed by atoms with Crippen LogP contribution in [0.15, 0.2) is 51.9 Å². The molecule has 4 nitrogen and oxygen atoms in total. The van der Waals surface area contributed by atoms with Crippen LogP contribution in [0.25, 0.3) is 0 Å². The van der Waals surface area contributed by atoms with Gasteiger partial charge in [-0.1, -0.05) is 30.3 Å². The van der Waals surface area contributed by atoms with E-state index in [2.05, 4.69) is 5.32 Å². The zero-order chi connectivity index (χ0) is 12.1. The molecule has 0 fully saturated rings. The van der Waals surface area contributed by atoms with E-state index in [1.807, 2.05) is 30.3 Å². The summed E-state index contributed by atoms with van der Waals surface area (Å²) in [5.74, 6) is 0.139. The van der Waals surface area contributed by atoms with Crippen molar-refractivity contribution in [1.82, 2.24) is 5.32 Å². The van der Waals surface area contributed by atoms with Crippen LogP contribution in [0.4, 0.5) is 0 Å². The Hall–Kier alpha value is -2.07. The minimum Gasteiger partial charge on any atom is -0.502 e. The fraction of sp³-hybridized carbons (Fsp3) is 0.154. The summed E-state index contributed by atoms with van der Waals surface area (Å²) in [5, 5.41) is 12.2. The lowest BCUT2D eigenvalue weighted by atomic mass is 10.2. The normalized spacial score (nSPS) is 10.4. The largest absolute Gasteiger partial charge is 0.502 e. The smallest absolute Gasteiger partial charge is 0.226 e. The molecule has 1 aromatic heterocycles. The van der Waals surface area contributed by atoms with Gasteiger partial charge in [-0.25, -0.2) is 0 Å². The van der Waals surface area contributed by atoms with Crippen molar-refractivity contribution in [3.05, 3.63) is 64.2 Å². The second-order valence-corrected chi connectivity index (χ2v) is 3.68. The Labute approximate surface area is 98.5 Å². The molecular formula is C13H13NO3. The van der Waals surface area contributed by atoms with Crippen LogP contribution in [0.3, 0.4) is 0 Å². The molecule has 0 aliphatic rings. The molecule has 0 aliphatic carbocycles. The van der Waals surface area contributed by atoms with Gasteiger partial charge in [0.2, 0.25) is 5.43 Å². The molecule has 0 amide bonds. The van der Waals surface area contributed by atoms with Gasteiger partial charge in [0.25, 0.3) is 0 Å². The van der Waals surface area contributed by atoms with Gasteiger partial charge < -0.3 is 14.8 Å². The van der Waals surface area contributed by atoms with Gasteiger partial charge >= 0.3 is 0 Å². The lowest BCUT2D eigenvalue weighted by Crippen LogP contribution is -2.14. The lowest BCUT2D eigenvalue weighted by molar-refractivity contribution is 0.405. The first-order chi connectivity index (χ1) is 8.25. The standard InChI is InChI=1S/C13H13NO3/c15-12-6-11(17-9-13(12)16)8-14-7-10-4-2-1-3-5-10/h1-6,9,14,16H,7-8H2. The third-order valence-corrected chi connectivity index (χ3v) is 2.34. The van der Waals surface area contributed by atoms with Crippen LogP contribution in [-0.2, 0) is 13.1 Å². The summed E-state index contributed by atoms with van der Waals surface area (Å²) >= 11 is 0. The Balaban J connectivity index is 1.90. The zero-order valence-electron chi connectivity index (χ0n) is 9.22. The predicted octanol–water partition coefficient (Wildman–Crippen LogP) is 1.64. The van der Waals surface area contributed by atoms with Crippen molar-refractivity contribution in [3.63, 3.8) is 0 Å². The quantitative estimate of drug-likeness (QED) is 0.839. The van der Waals surface area contributed by atoms with Gasteiger partial charge in [-0.3, -0.25) is 4.79 Å². The van der Waals surface area contributed by atoms with Crippen LogP contribution in [0.1, 0.15) is 11.3 Å². The maximum absolute atomic E-state index is 11.1. The Kier molecular flexibility index (Phi) is 3.57. The molecule has 2 aromatic rings. The highest BCUT2D eigenvalue weighted by Crippen LogP contribution is 2.03. The molecule has 0 spiro atoms. The summed E-state index contributed by atoms with van der Waals surface area (Å²) < 4.78 is 5.06. The highest BCUT2D eigenvalue weighted by atomic mass is 16.4.